The Kier molecular flexibility index (Phi) is 4.85. The molecular weight excluding hydrogens is 363 g/mol. The molecule has 0 bridgehead atoms. The van der Waals surface area contributed by atoms with Gasteiger partial charge in [-0.15, -0.1) is 10.2 Å². The molecule has 1 heterocycles. The molecule has 0 unspecified atom stereocenters. The van der Waals surface area contributed by atoms with Crippen molar-refractivity contribution in [3.05, 3.63) is 76.5 Å². The van der Waals surface area contributed by atoms with Crippen LogP contribution in [0.5, 0.6) is 0 Å². The van der Waals surface area contributed by atoms with Gasteiger partial charge in [0.05, 0.1) is 5.69 Å². The number of hydrogen-bond donors (Lipinski definition) is 0. The number of aromatic nitrogens is 2. The summed E-state index contributed by atoms with van der Waals surface area (Å²) in [5.41, 5.74) is 2.94. The first kappa shape index (κ1) is 15.2. The summed E-state index contributed by atoms with van der Waals surface area (Å²) in [6.45, 7) is 0. The van der Waals surface area contributed by atoms with Crippen LogP contribution in [0, 0.1) is 5.82 Å². The van der Waals surface area contributed by atoms with E-state index in [1.807, 2.05) is 36.4 Å². The van der Waals surface area contributed by atoms with E-state index in [1.165, 1.54) is 12.1 Å². The Morgan fingerprint density at radius 3 is 2.23 bits per heavy atom. The normalized spacial score (nSPS) is 10.6. The first-order valence-corrected chi connectivity index (χ1v) is 8.45. The van der Waals surface area contributed by atoms with Gasteiger partial charge < -0.3 is 0 Å². The SMILES string of the molecule is Fc1ccc(CSc2ccc(-c3ccc(Br)cc3)nn2)cc1. The van der Waals surface area contributed by atoms with Gasteiger partial charge in [0.2, 0.25) is 0 Å². The highest BCUT2D eigenvalue weighted by Gasteiger charge is 2.03. The molecule has 0 radical (unpaired) electrons. The van der Waals surface area contributed by atoms with Crippen molar-refractivity contribution < 1.29 is 4.39 Å². The molecule has 0 aliphatic heterocycles. The van der Waals surface area contributed by atoms with Crippen LogP contribution < -0.4 is 0 Å². The Morgan fingerprint density at radius 2 is 1.59 bits per heavy atom. The van der Waals surface area contributed by atoms with Crippen LogP contribution in [0.4, 0.5) is 4.39 Å². The molecule has 2 nitrogen and oxygen atoms in total. The average Bonchev–Trinajstić information content (AvgIpc) is 2.56. The Bertz CT molecular complexity index is 743. The summed E-state index contributed by atoms with van der Waals surface area (Å²) in [7, 11) is 0. The van der Waals surface area contributed by atoms with Gasteiger partial charge in [-0.05, 0) is 42.0 Å². The summed E-state index contributed by atoms with van der Waals surface area (Å²) in [6.07, 6.45) is 0. The summed E-state index contributed by atoms with van der Waals surface area (Å²) in [4.78, 5) is 0. The molecular formula is C17H12BrFN2S. The fraction of sp³-hybridized carbons (Fsp3) is 0.0588. The van der Waals surface area contributed by atoms with Crippen LogP contribution in [-0.2, 0) is 5.75 Å². The second kappa shape index (κ2) is 7.03. The molecule has 22 heavy (non-hydrogen) atoms. The largest absolute Gasteiger partial charge is 0.207 e. The van der Waals surface area contributed by atoms with E-state index < -0.39 is 0 Å². The van der Waals surface area contributed by atoms with E-state index in [9.17, 15) is 4.39 Å². The lowest BCUT2D eigenvalue weighted by atomic mass is 10.1. The molecule has 0 atom stereocenters. The summed E-state index contributed by atoms with van der Waals surface area (Å²) in [5.74, 6) is 0.527. The minimum atomic E-state index is -0.215. The van der Waals surface area contributed by atoms with E-state index in [-0.39, 0.29) is 5.82 Å². The van der Waals surface area contributed by atoms with Gasteiger partial charge in [-0.2, -0.15) is 0 Å². The predicted molar refractivity (Wildman–Crippen MR) is 91.1 cm³/mol. The summed E-state index contributed by atoms with van der Waals surface area (Å²) >= 11 is 5.00. The first-order chi connectivity index (χ1) is 10.7. The van der Waals surface area contributed by atoms with Crippen molar-refractivity contribution in [3.63, 3.8) is 0 Å². The predicted octanol–water partition coefficient (Wildman–Crippen LogP) is 5.34. The Morgan fingerprint density at radius 1 is 0.864 bits per heavy atom. The van der Waals surface area contributed by atoms with Crippen LogP contribution in [0.2, 0.25) is 0 Å². The molecule has 0 saturated carbocycles. The van der Waals surface area contributed by atoms with Crippen LogP contribution in [0.1, 0.15) is 5.56 Å². The number of hydrogen-bond acceptors (Lipinski definition) is 3. The van der Waals surface area contributed by atoms with E-state index in [2.05, 4.69) is 26.1 Å². The van der Waals surface area contributed by atoms with Gasteiger partial charge in [0.1, 0.15) is 10.8 Å². The van der Waals surface area contributed by atoms with Crippen molar-refractivity contribution in [1.29, 1.82) is 0 Å². The Labute approximate surface area is 140 Å². The van der Waals surface area contributed by atoms with Gasteiger partial charge in [0.15, 0.2) is 0 Å². The number of benzene rings is 2. The maximum absolute atomic E-state index is 12.8. The summed E-state index contributed by atoms with van der Waals surface area (Å²) in [5, 5.41) is 9.35. The van der Waals surface area contributed by atoms with E-state index >= 15 is 0 Å². The van der Waals surface area contributed by atoms with Gasteiger partial charge in [0.25, 0.3) is 0 Å². The van der Waals surface area contributed by atoms with Crippen molar-refractivity contribution in [2.45, 2.75) is 10.8 Å². The average molecular weight is 375 g/mol. The van der Waals surface area contributed by atoms with Gasteiger partial charge in [-0.25, -0.2) is 4.39 Å². The van der Waals surface area contributed by atoms with E-state index in [4.69, 9.17) is 0 Å². The standard InChI is InChI=1S/C17H12BrFN2S/c18-14-5-3-13(4-6-14)16-9-10-17(21-20-16)22-11-12-1-7-15(19)8-2-12/h1-10H,11H2. The van der Waals surface area contributed by atoms with E-state index in [0.29, 0.717) is 0 Å². The lowest BCUT2D eigenvalue weighted by Gasteiger charge is -2.03. The smallest absolute Gasteiger partial charge is 0.123 e. The summed E-state index contributed by atoms with van der Waals surface area (Å²) < 4.78 is 13.9. The van der Waals surface area contributed by atoms with Crippen molar-refractivity contribution in [2.75, 3.05) is 0 Å². The Hall–Kier alpha value is -1.72. The number of rotatable bonds is 4. The van der Waals surface area contributed by atoms with Crippen molar-refractivity contribution >= 4 is 27.7 Å². The second-order valence-electron chi connectivity index (χ2n) is 4.68. The maximum atomic E-state index is 12.8. The van der Waals surface area contributed by atoms with Gasteiger partial charge in [-0.1, -0.05) is 52.0 Å². The minimum absolute atomic E-state index is 0.215. The molecule has 1 aromatic heterocycles. The monoisotopic (exact) mass is 374 g/mol. The molecule has 0 spiro atoms. The molecule has 0 aliphatic rings. The van der Waals surface area contributed by atoms with Crippen molar-refractivity contribution in [1.82, 2.24) is 10.2 Å². The van der Waals surface area contributed by atoms with E-state index in [0.717, 1.165) is 32.1 Å². The minimum Gasteiger partial charge on any atom is -0.207 e. The highest BCUT2D eigenvalue weighted by atomic mass is 79.9. The number of nitrogens with zero attached hydrogens (tertiary/aromatic N) is 2. The quantitative estimate of drug-likeness (QED) is 0.576. The van der Waals surface area contributed by atoms with Crippen LogP contribution in [0.3, 0.4) is 0 Å². The second-order valence-corrected chi connectivity index (χ2v) is 6.59. The molecule has 2 aromatic carbocycles. The van der Waals surface area contributed by atoms with Crippen LogP contribution >= 0.6 is 27.7 Å². The van der Waals surface area contributed by atoms with Crippen molar-refractivity contribution in [2.24, 2.45) is 0 Å². The summed E-state index contributed by atoms with van der Waals surface area (Å²) in [6, 6.07) is 18.4. The zero-order valence-electron chi connectivity index (χ0n) is 11.5. The fourth-order valence-corrected chi connectivity index (χ4v) is 2.94. The fourth-order valence-electron chi connectivity index (χ4n) is 1.91. The van der Waals surface area contributed by atoms with Gasteiger partial charge >= 0.3 is 0 Å². The molecule has 0 fully saturated rings. The lowest BCUT2D eigenvalue weighted by molar-refractivity contribution is 0.627. The molecule has 0 saturated heterocycles. The third-order valence-corrected chi connectivity index (χ3v) is 4.60. The number of halogens is 2. The lowest BCUT2D eigenvalue weighted by Crippen LogP contribution is -1.90. The van der Waals surface area contributed by atoms with Gasteiger partial charge in [-0.3, -0.25) is 0 Å². The van der Waals surface area contributed by atoms with E-state index in [1.54, 1.807) is 23.9 Å². The first-order valence-electron chi connectivity index (χ1n) is 6.67. The van der Waals surface area contributed by atoms with Gasteiger partial charge in [0, 0.05) is 15.8 Å². The Balaban J connectivity index is 1.66. The number of thioether (sulfide) groups is 1. The third-order valence-electron chi connectivity index (χ3n) is 3.08. The molecule has 3 rings (SSSR count). The molecule has 0 amide bonds. The topological polar surface area (TPSA) is 25.8 Å². The molecule has 0 aliphatic carbocycles. The maximum Gasteiger partial charge on any atom is 0.123 e. The highest BCUT2D eigenvalue weighted by molar-refractivity contribution is 9.10. The molecule has 110 valence electrons. The van der Waals surface area contributed by atoms with Crippen LogP contribution in [0.25, 0.3) is 11.3 Å². The van der Waals surface area contributed by atoms with Crippen LogP contribution in [0.15, 0.2) is 70.2 Å². The zero-order valence-corrected chi connectivity index (χ0v) is 13.9. The van der Waals surface area contributed by atoms with Crippen molar-refractivity contribution in [3.8, 4) is 11.3 Å². The molecule has 3 aromatic rings. The van der Waals surface area contributed by atoms with Crippen LogP contribution in [-0.4, -0.2) is 10.2 Å². The third kappa shape index (κ3) is 3.93. The zero-order chi connectivity index (χ0) is 15.4. The molecule has 5 heteroatoms. The highest BCUT2D eigenvalue weighted by Crippen LogP contribution is 2.23. The molecule has 0 N–H and O–H groups in total.